The largest absolute Gasteiger partial charge is 0.395 e. The van der Waals surface area contributed by atoms with E-state index in [2.05, 4.69) is 13.8 Å². The third-order valence-corrected chi connectivity index (χ3v) is 1.05. The van der Waals surface area contributed by atoms with Crippen molar-refractivity contribution in [3.8, 4) is 0 Å². The molecule has 0 heterocycles. The van der Waals surface area contributed by atoms with Gasteiger partial charge < -0.3 is 23.9 Å². The average molecular weight is 234 g/mol. The first-order chi connectivity index (χ1) is 4.85. The van der Waals surface area contributed by atoms with E-state index in [9.17, 15) is 0 Å². The van der Waals surface area contributed by atoms with Crippen molar-refractivity contribution in [1.82, 2.24) is 4.90 Å². The van der Waals surface area contributed by atoms with E-state index in [1.54, 1.807) is 0 Å². The third-order valence-electron chi connectivity index (χ3n) is 1.05. The molecule has 0 aliphatic carbocycles. The molecule has 2 nitrogen and oxygen atoms in total. The van der Waals surface area contributed by atoms with Crippen LogP contribution in [0.2, 0.25) is 0 Å². The van der Waals surface area contributed by atoms with Crippen molar-refractivity contribution >= 4 is 0 Å². The molecule has 0 aromatic carbocycles. The molecule has 1 radical (unpaired) electrons. The molecule has 0 amide bonds. The van der Waals surface area contributed by atoms with Crippen molar-refractivity contribution in [2.45, 2.75) is 13.8 Å². The molecule has 11 heavy (non-hydrogen) atoms. The van der Waals surface area contributed by atoms with Crippen LogP contribution >= 0.6 is 0 Å². The van der Waals surface area contributed by atoms with Crippen LogP contribution in [0, 0.1) is 13.8 Å². The van der Waals surface area contributed by atoms with E-state index < -0.39 is 0 Å². The summed E-state index contributed by atoms with van der Waals surface area (Å²) < 4.78 is 0. The summed E-state index contributed by atoms with van der Waals surface area (Å²) in [7, 11) is 0. The number of nitrogens with zero attached hydrogens (tertiary/aromatic N) is 1. The minimum atomic E-state index is 0. The Morgan fingerprint density at radius 2 is 1.55 bits per heavy atom. The molecule has 0 atom stereocenters. The first-order valence-corrected chi connectivity index (χ1v) is 3.76. The monoisotopic (exact) mass is 234 g/mol. The van der Waals surface area contributed by atoms with Gasteiger partial charge in [0.2, 0.25) is 0 Å². The molecule has 3 heteroatoms. The second-order valence-electron chi connectivity index (χ2n) is 1.57. The van der Waals surface area contributed by atoms with E-state index in [0.717, 1.165) is 13.1 Å². The van der Waals surface area contributed by atoms with Gasteiger partial charge in [-0.2, -0.15) is 0 Å². The zero-order valence-corrected chi connectivity index (χ0v) is 10.6. The number of rotatable bonds is 4. The maximum Gasteiger partial charge on any atom is 0.0556 e. The number of hydrogen-bond acceptors (Lipinski definition) is 2. The summed E-state index contributed by atoms with van der Waals surface area (Å²) in [6, 6.07) is 0. The fourth-order valence-electron chi connectivity index (χ4n) is 0.477. The van der Waals surface area contributed by atoms with Gasteiger partial charge in [-0.3, -0.25) is 0 Å². The van der Waals surface area contributed by atoms with Crippen LogP contribution in [0.4, 0.5) is 0 Å². The Hall–Kier alpha value is 1.02. The molecule has 0 aromatic heterocycles. The summed E-state index contributed by atoms with van der Waals surface area (Å²) in [5.41, 5.74) is 0. The van der Waals surface area contributed by atoms with Gasteiger partial charge in [0.25, 0.3) is 0 Å². The quantitative estimate of drug-likeness (QED) is 0.733. The smallest absolute Gasteiger partial charge is 0.0556 e. The molecule has 0 aliphatic rings. The Morgan fingerprint density at radius 1 is 1.18 bits per heavy atom. The van der Waals surface area contributed by atoms with Gasteiger partial charge in [-0.25, -0.2) is 0 Å². The summed E-state index contributed by atoms with van der Waals surface area (Å²) in [6.07, 6.45) is 0. The Kier molecular flexibility index (Phi) is 28.1. The Bertz CT molecular complexity index is 49.4. The summed E-state index contributed by atoms with van der Waals surface area (Å²) in [5.74, 6) is 0. The summed E-state index contributed by atoms with van der Waals surface area (Å²) in [6.45, 7) is 13.6. The second kappa shape index (κ2) is 17.2. The van der Waals surface area contributed by atoms with E-state index >= 15 is 0 Å². The first kappa shape index (κ1) is 17.9. The van der Waals surface area contributed by atoms with Gasteiger partial charge in [0, 0.05) is 39.3 Å². The van der Waals surface area contributed by atoms with Crippen molar-refractivity contribution < 1.29 is 37.8 Å². The Morgan fingerprint density at radius 3 is 1.64 bits per heavy atom. The number of aliphatic hydroxyl groups is 1. The van der Waals surface area contributed by atoms with Crippen LogP contribution in [0.3, 0.4) is 0 Å². The van der Waals surface area contributed by atoms with Gasteiger partial charge in [0.05, 0.1) is 6.61 Å². The van der Waals surface area contributed by atoms with Gasteiger partial charge in [0.1, 0.15) is 0 Å². The molecular formula is C8H19NOY-2. The van der Waals surface area contributed by atoms with E-state index in [4.69, 9.17) is 5.11 Å². The predicted octanol–water partition coefficient (Wildman–Crippen LogP) is 0.973. The van der Waals surface area contributed by atoms with E-state index in [1.807, 2.05) is 18.7 Å². The fraction of sp³-hybridized carbons (Fsp3) is 0.750. The summed E-state index contributed by atoms with van der Waals surface area (Å²) >= 11 is 0. The molecule has 67 valence electrons. The van der Waals surface area contributed by atoms with Crippen LogP contribution in [0.15, 0.2) is 0 Å². The molecule has 1 N–H and O–H groups in total. The predicted molar refractivity (Wildman–Crippen MR) is 45.6 cm³/mol. The SMILES string of the molecule is CC.[CH2-]CN(C[CH2-])CCO.[Y]. The van der Waals surface area contributed by atoms with E-state index in [0.29, 0.717) is 6.54 Å². The van der Waals surface area contributed by atoms with Gasteiger partial charge in [-0.05, 0) is 0 Å². The molecule has 0 saturated heterocycles. The van der Waals surface area contributed by atoms with E-state index in [1.165, 1.54) is 0 Å². The van der Waals surface area contributed by atoms with Crippen molar-refractivity contribution in [2.75, 3.05) is 26.2 Å². The average Bonchev–Trinajstić information content (AvgIpc) is 2.04. The molecule has 0 spiro atoms. The maximum absolute atomic E-state index is 8.40. The first-order valence-electron chi connectivity index (χ1n) is 3.76. The van der Waals surface area contributed by atoms with Crippen LogP contribution in [0.25, 0.3) is 0 Å². The van der Waals surface area contributed by atoms with Crippen molar-refractivity contribution in [3.63, 3.8) is 0 Å². The standard InChI is InChI=1S/C6H13NO.C2H6.Y/c1-3-7(4-2)5-6-8;1-2;/h8H,1-6H2;1-2H3;/q-2;;. The molecule has 0 fully saturated rings. The van der Waals surface area contributed by atoms with Crippen LogP contribution in [-0.4, -0.2) is 36.2 Å². The molecule has 0 rings (SSSR count). The Labute approximate surface area is 96.2 Å². The third kappa shape index (κ3) is 13.9. The van der Waals surface area contributed by atoms with Gasteiger partial charge in [-0.1, -0.05) is 13.8 Å². The van der Waals surface area contributed by atoms with Crippen molar-refractivity contribution in [3.05, 3.63) is 13.8 Å². The zero-order chi connectivity index (χ0) is 8.41. The minimum Gasteiger partial charge on any atom is -0.395 e. The van der Waals surface area contributed by atoms with Crippen molar-refractivity contribution in [2.24, 2.45) is 0 Å². The van der Waals surface area contributed by atoms with Crippen LogP contribution in [0.1, 0.15) is 13.8 Å². The van der Waals surface area contributed by atoms with E-state index in [-0.39, 0.29) is 39.3 Å². The number of aliphatic hydroxyl groups excluding tert-OH is 1. The Balaban J connectivity index is -0.000000196. The maximum atomic E-state index is 8.40. The summed E-state index contributed by atoms with van der Waals surface area (Å²) in [5, 5.41) is 8.40. The molecule has 0 unspecified atom stereocenters. The van der Waals surface area contributed by atoms with Crippen LogP contribution < -0.4 is 0 Å². The molecule has 0 aliphatic heterocycles. The molecule has 0 aromatic rings. The minimum absolute atomic E-state index is 0. The molecule has 0 saturated carbocycles. The molecular weight excluding hydrogens is 215 g/mol. The molecule has 0 bridgehead atoms. The van der Waals surface area contributed by atoms with Crippen LogP contribution in [0.5, 0.6) is 0 Å². The normalized spacial score (nSPS) is 8.18. The number of hydrogen-bond donors (Lipinski definition) is 1. The van der Waals surface area contributed by atoms with Gasteiger partial charge in [-0.15, -0.1) is 13.1 Å². The fourth-order valence-corrected chi connectivity index (χ4v) is 0.477. The van der Waals surface area contributed by atoms with Crippen LogP contribution in [-0.2, 0) is 32.7 Å². The zero-order valence-electron chi connectivity index (χ0n) is 7.71. The van der Waals surface area contributed by atoms with Gasteiger partial charge >= 0.3 is 0 Å². The van der Waals surface area contributed by atoms with Crippen molar-refractivity contribution in [1.29, 1.82) is 0 Å². The topological polar surface area (TPSA) is 23.5 Å². The summed E-state index contributed by atoms with van der Waals surface area (Å²) in [4.78, 5) is 1.96. The second-order valence-corrected chi connectivity index (χ2v) is 1.57. The van der Waals surface area contributed by atoms with Gasteiger partial charge in [0.15, 0.2) is 0 Å².